The summed E-state index contributed by atoms with van der Waals surface area (Å²) >= 11 is 0. The van der Waals surface area contributed by atoms with Crippen molar-refractivity contribution in [3.63, 3.8) is 0 Å². The lowest BCUT2D eigenvalue weighted by Gasteiger charge is -2.10. The molecule has 2 aromatic rings. The van der Waals surface area contributed by atoms with Gasteiger partial charge in [-0.05, 0) is 22.8 Å². The SMILES string of the molecule is C1=CC(c2ccc(-c3ccccc3)cc2)NN1. The molecule has 1 heterocycles. The number of hydrogen-bond acceptors (Lipinski definition) is 2. The average molecular weight is 222 g/mol. The first-order valence-electron chi connectivity index (χ1n) is 5.76. The first kappa shape index (κ1) is 10.1. The van der Waals surface area contributed by atoms with Gasteiger partial charge in [0.05, 0.1) is 6.04 Å². The molecular weight excluding hydrogens is 208 g/mol. The van der Waals surface area contributed by atoms with Gasteiger partial charge in [0.15, 0.2) is 0 Å². The summed E-state index contributed by atoms with van der Waals surface area (Å²) < 4.78 is 0. The molecule has 0 fully saturated rings. The van der Waals surface area contributed by atoms with E-state index in [4.69, 9.17) is 0 Å². The monoisotopic (exact) mass is 222 g/mol. The van der Waals surface area contributed by atoms with Crippen LogP contribution in [0, 0.1) is 0 Å². The van der Waals surface area contributed by atoms with Gasteiger partial charge in [-0.25, -0.2) is 5.43 Å². The molecule has 0 amide bonds. The van der Waals surface area contributed by atoms with Crippen LogP contribution < -0.4 is 10.9 Å². The predicted octanol–water partition coefficient (Wildman–Crippen LogP) is 3.02. The van der Waals surface area contributed by atoms with Gasteiger partial charge in [0.25, 0.3) is 0 Å². The Morgan fingerprint density at radius 2 is 1.47 bits per heavy atom. The highest BCUT2D eigenvalue weighted by molar-refractivity contribution is 5.63. The van der Waals surface area contributed by atoms with Crippen LogP contribution in [0.3, 0.4) is 0 Å². The van der Waals surface area contributed by atoms with Gasteiger partial charge in [-0.15, -0.1) is 0 Å². The summed E-state index contributed by atoms with van der Waals surface area (Å²) in [5.41, 5.74) is 9.94. The standard InChI is InChI=1S/C15H14N2/c1-2-4-12(5-3-1)13-6-8-14(9-7-13)15-10-11-16-17-15/h1-11,15-17H. The maximum Gasteiger partial charge on any atom is 0.0707 e. The quantitative estimate of drug-likeness (QED) is 0.816. The van der Waals surface area contributed by atoms with Gasteiger partial charge in [0, 0.05) is 6.20 Å². The Balaban J connectivity index is 1.87. The summed E-state index contributed by atoms with van der Waals surface area (Å²) in [6.45, 7) is 0. The minimum Gasteiger partial charge on any atom is -0.328 e. The number of nitrogens with one attached hydrogen (secondary N) is 2. The minimum absolute atomic E-state index is 0.278. The van der Waals surface area contributed by atoms with E-state index in [2.05, 4.69) is 65.5 Å². The molecule has 0 radical (unpaired) electrons. The molecule has 1 unspecified atom stereocenters. The zero-order valence-corrected chi connectivity index (χ0v) is 9.43. The molecule has 3 rings (SSSR count). The van der Waals surface area contributed by atoms with Crippen LogP contribution in [-0.4, -0.2) is 0 Å². The molecule has 17 heavy (non-hydrogen) atoms. The Hall–Kier alpha value is -2.06. The van der Waals surface area contributed by atoms with Gasteiger partial charge in [-0.1, -0.05) is 54.6 Å². The van der Waals surface area contributed by atoms with E-state index in [0.29, 0.717) is 0 Å². The Morgan fingerprint density at radius 3 is 2.12 bits per heavy atom. The van der Waals surface area contributed by atoms with E-state index in [-0.39, 0.29) is 6.04 Å². The normalized spacial score (nSPS) is 18.0. The van der Waals surface area contributed by atoms with Crippen molar-refractivity contribution in [3.05, 3.63) is 72.4 Å². The minimum atomic E-state index is 0.278. The highest BCUT2D eigenvalue weighted by Crippen LogP contribution is 2.22. The van der Waals surface area contributed by atoms with E-state index >= 15 is 0 Å². The molecule has 2 heteroatoms. The Labute approximate surface area is 101 Å². The lowest BCUT2D eigenvalue weighted by atomic mass is 10.0. The zero-order chi connectivity index (χ0) is 11.5. The fourth-order valence-corrected chi connectivity index (χ4v) is 2.04. The molecule has 1 aliphatic rings. The summed E-state index contributed by atoms with van der Waals surface area (Å²) in [4.78, 5) is 0. The van der Waals surface area contributed by atoms with Gasteiger partial charge in [-0.2, -0.15) is 0 Å². The van der Waals surface area contributed by atoms with Crippen LogP contribution in [0.4, 0.5) is 0 Å². The van der Waals surface area contributed by atoms with Crippen LogP contribution in [-0.2, 0) is 0 Å². The maximum atomic E-state index is 3.17. The summed E-state index contributed by atoms with van der Waals surface area (Å²) in [6, 6.07) is 19.4. The molecule has 0 aromatic heterocycles. The number of hydrogen-bond donors (Lipinski definition) is 2. The van der Waals surface area contributed by atoms with Crippen LogP contribution in [0.5, 0.6) is 0 Å². The smallest absolute Gasteiger partial charge is 0.0707 e. The first-order chi connectivity index (χ1) is 8.43. The molecule has 1 atom stereocenters. The van der Waals surface area contributed by atoms with Crippen molar-refractivity contribution < 1.29 is 0 Å². The van der Waals surface area contributed by atoms with Gasteiger partial charge in [-0.3, -0.25) is 0 Å². The average Bonchev–Trinajstić information content (AvgIpc) is 2.94. The third-order valence-electron chi connectivity index (χ3n) is 2.99. The van der Waals surface area contributed by atoms with Crippen molar-refractivity contribution in [1.82, 2.24) is 10.9 Å². The number of benzene rings is 2. The Bertz CT molecular complexity index is 514. The van der Waals surface area contributed by atoms with Gasteiger partial charge >= 0.3 is 0 Å². The van der Waals surface area contributed by atoms with Crippen molar-refractivity contribution in [2.45, 2.75) is 6.04 Å². The van der Waals surface area contributed by atoms with Crippen molar-refractivity contribution in [3.8, 4) is 11.1 Å². The van der Waals surface area contributed by atoms with Crippen molar-refractivity contribution in [2.75, 3.05) is 0 Å². The number of hydrazine groups is 1. The van der Waals surface area contributed by atoms with E-state index in [1.807, 2.05) is 12.3 Å². The Morgan fingerprint density at radius 1 is 0.765 bits per heavy atom. The number of rotatable bonds is 2. The topological polar surface area (TPSA) is 24.1 Å². The van der Waals surface area contributed by atoms with Crippen molar-refractivity contribution >= 4 is 0 Å². The van der Waals surface area contributed by atoms with Crippen LogP contribution in [0.15, 0.2) is 66.9 Å². The van der Waals surface area contributed by atoms with Crippen LogP contribution in [0.1, 0.15) is 11.6 Å². The summed E-state index contributed by atoms with van der Waals surface area (Å²) in [5.74, 6) is 0. The van der Waals surface area contributed by atoms with Gasteiger partial charge in [0.2, 0.25) is 0 Å². The van der Waals surface area contributed by atoms with E-state index in [1.54, 1.807) is 0 Å². The fraction of sp³-hybridized carbons (Fsp3) is 0.0667. The Kier molecular flexibility index (Phi) is 2.64. The molecule has 0 aliphatic carbocycles. The third-order valence-corrected chi connectivity index (χ3v) is 2.99. The third kappa shape index (κ3) is 2.08. The van der Waals surface area contributed by atoms with E-state index in [1.165, 1.54) is 16.7 Å². The second kappa shape index (κ2) is 4.44. The molecular formula is C15H14N2. The summed E-state index contributed by atoms with van der Waals surface area (Å²) in [6.07, 6.45) is 4.04. The molecule has 0 bridgehead atoms. The van der Waals surface area contributed by atoms with E-state index < -0.39 is 0 Å². The van der Waals surface area contributed by atoms with Crippen LogP contribution in [0.2, 0.25) is 0 Å². The molecule has 0 saturated heterocycles. The molecule has 2 N–H and O–H groups in total. The van der Waals surface area contributed by atoms with Crippen LogP contribution >= 0.6 is 0 Å². The largest absolute Gasteiger partial charge is 0.328 e. The highest BCUT2D eigenvalue weighted by Gasteiger charge is 2.10. The van der Waals surface area contributed by atoms with E-state index in [0.717, 1.165) is 0 Å². The van der Waals surface area contributed by atoms with Crippen LogP contribution in [0.25, 0.3) is 11.1 Å². The fourth-order valence-electron chi connectivity index (χ4n) is 2.04. The predicted molar refractivity (Wildman–Crippen MR) is 70.0 cm³/mol. The molecule has 1 aliphatic heterocycles. The second-order valence-electron chi connectivity index (χ2n) is 4.11. The zero-order valence-electron chi connectivity index (χ0n) is 9.43. The second-order valence-corrected chi connectivity index (χ2v) is 4.11. The molecule has 84 valence electrons. The van der Waals surface area contributed by atoms with Crippen molar-refractivity contribution in [2.24, 2.45) is 0 Å². The lowest BCUT2D eigenvalue weighted by molar-refractivity contribution is 0.610. The van der Waals surface area contributed by atoms with Gasteiger partial charge < -0.3 is 5.43 Å². The maximum absolute atomic E-state index is 3.17. The summed E-state index contributed by atoms with van der Waals surface area (Å²) in [7, 11) is 0. The first-order valence-corrected chi connectivity index (χ1v) is 5.76. The summed E-state index contributed by atoms with van der Waals surface area (Å²) in [5, 5.41) is 0. The molecule has 2 nitrogen and oxygen atoms in total. The molecule has 2 aromatic carbocycles. The van der Waals surface area contributed by atoms with Gasteiger partial charge in [0.1, 0.15) is 0 Å². The van der Waals surface area contributed by atoms with E-state index in [9.17, 15) is 0 Å². The highest BCUT2D eigenvalue weighted by atomic mass is 15.4. The molecule has 0 spiro atoms. The molecule has 0 saturated carbocycles. The van der Waals surface area contributed by atoms with Crippen molar-refractivity contribution in [1.29, 1.82) is 0 Å². The lowest BCUT2D eigenvalue weighted by Crippen LogP contribution is -2.23.